The summed E-state index contributed by atoms with van der Waals surface area (Å²) in [5.41, 5.74) is 0. The number of hydrogen-bond donors (Lipinski definition) is 1. The Balaban J connectivity index is 3.51. The minimum atomic E-state index is -0.0613. The monoisotopic (exact) mass is 236 g/mol. The number of aliphatic hydroxyl groups is 1. The van der Waals surface area contributed by atoms with Crippen LogP contribution in [0.15, 0.2) is 0 Å². The van der Waals surface area contributed by atoms with E-state index in [4.69, 9.17) is 14.6 Å². The van der Waals surface area contributed by atoms with Gasteiger partial charge in [0.15, 0.2) is 6.29 Å². The van der Waals surface area contributed by atoms with E-state index in [-0.39, 0.29) is 12.9 Å². The van der Waals surface area contributed by atoms with Crippen LogP contribution in [0.4, 0.5) is 0 Å². The lowest BCUT2D eigenvalue weighted by atomic mass is 10.3. The van der Waals surface area contributed by atoms with E-state index in [0.29, 0.717) is 18.5 Å². The number of thioether (sulfide) groups is 1. The molecule has 0 saturated carbocycles. The van der Waals surface area contributed by atoms with Crippen molar-refractivity contribution in [3.05, 3.63) is 0 Å². The fraction of sp³-hybridized carbons (Fsp3) is 1.00. The van der Waals surface area contributed by atoms with Crippen LogP contribution < -0.4 is 0 Å². The average Bonchev–Trinajstić information content (AvgIpc) is 2.19. The van der Waals surface area contributed by atoms with Crippen LogP contribution in [-0.4, -0.2) is 42.2 Å². The third-order valence-electron chi connectivity index (χ3n) is 2.00. The molecule has 0 aromatic carbocycles. The van der Waals surface area contributed by atoms with Gasteiger partial charge in [-0.15, -0.1) is 0 Å². The van der Waals surface area contributed by atoms with E-state index in [1.54, 1.807) is 0 Å². The molecule has 0 heterocycles. The van der Waals surface area contributed by atoms with E-state index < -0.39 is 0 Å². The second-order valence-corrected chi connectivity index (χ2v) is 4.87. The number of ether oxygens (including phenoxy) is 2. The van der Waals surface area contributed by atoms with Crippen LogP contribution in [0.25, 0.3) is 0 Å². The van der Waals surface area contributed by atoms with E-state index in [9.17, 15) is 0 Å². The van der Waals surface area contributed by atoms with Crippen molar-refractivity contribution in [1.29, 1.82) is 0 Å². The molecule has 0 rings (SSSR count). The van der Waals surface area contributed by atoms with Gasteiger partial charge in [-0.2, -0.15) is 11.8 Å². The first-order valence-electron chi connectivity index (χ1n) is 5.70. The Morgan fingerprint density at radius 2 is 1.73 bits per heavy atom. The molecule has 3 nitrogen and oxygen atoms in total. The summed E-state index contributed by atoms with van der Waals surface area (Å²) < 4.78 is 10.9. The van der Waals surface area contributed by atoms with Gasteiger partial charge >= 0.3 is 0 Å². The minimum Gasteiger partial charge on any atom is -0.396 e. The van der Waals surface area contributed by atoms with Gasteiger partial charge in [0.1, 0.15) is 0 Å². The first-order chi connectivity index (χ1) is 7.24. The Morgan fingerprint density at radius 3 is 2.20 bits per heavy atom. The van der Waals surface area contributed by atoms with E-state index in [0.717, 1.165) is 18.6 Å². The highest BCUT2D eigenvalue weighted by Gasteiger charge is 2.09. The molecule has 15 heavy (non-hydrogen) atoms. The summed E-state index contributed by atoms with van der Waals surface area (Å²) in [6.07, 6.45) is 1.72. The van der Waals surface area contributed by atoms with Crippen molar-refractivity contribution in [2.75, 3.05) is 25.6 Å². The summed E-state index contributed by atoms with van der Waals surface area (Å²) in [6, 6.07) is 0. The molecule has 0 amide bonds. The fourth-order valence-electron chi connectivity index (χ4n) is 1.22. The average molecular weight is 236 g/mol. The molecule has 0 aromatic heterocycles. The molecule has 0 aliphatic carbocycles. The van der Waals surface area contributed by atoms with Crippen LogP contribution in [0.3, 0.4) is 0 Å². The summed E-state index contributed by atoms with van der Waals surface area (Å²) in [4.78, 5) is 0. The van der Waals surface area contributed by atoms with Crippen LogP contribution in [-0.2, 0) is 9.47 Å². The molecule has 0 spiro atoms. The van der Waals surface area contributed by atoms with Gasteiger partial charge in [-0.1, -0.05) is 6.92 Å². The highest BCUT2D eigenvalue weighted by atomic mass is 32.2. The zero-order valence-electron chi connectivity index (χ0n) is 10.1. The molecule has 0 radical (unpaired) electrons. The Kier molecular flexibility index (Phi) is 10.9. The van der Waals surface area contributed by atoms with Crippen molar-refractivity contribution >= 4 is 11.8 Å². The molecule has 4 heteroatoms. The van der Waals surface area contributed by atoms with Crippen LogP contribution in [0, 0.1) is 0 Å². The number of rotatable bonds is 10. The topological polar surface area (TPSA) is 38.7 Å². The van der Waals surface area contributed by atoms with Gasteiger partial charge in [0.2, 0.25) is 0 Å². The Bertz CT molecular complexity index is 127. The maximum absolute atomic E-state index is 8.75. The van der Waals surface area contributed by atoms with Crippen molar-refractivity contribution in [3.8, 4) is 0 Å². The van der Waals surface area contributed by atoms with Gasteiger partial charge in [-0.05, 0) is 26.0 Å². The van der Waals surface area contributed by atoms with E-state index in [1.807, 2.05) is 25.6 Å². The molecular formula is C11H24O3S. The second kappa shape index (κ2) is 10.7. The normalized spacial score (nSPS) is 13.4. The molecule has 0 aromatic rings. The van der Waals surface area contributed by atoms with Gasteiger partial charge in [-0.3, -0.25) is 0 Å². The molecule has 0 aliphatic heterocycles. The number of aliphatic hydroxyl groups excluding tert-OH is 1. The molecule has 0 aliphatic rings. The molecular weight excluding hydrogens is 212 g/mol. The molecule has 0 saturated heterocycles. The number of hydrogen-bond acceptors (Lipinski definition) is 4. The summed E-state index contributed by atoms with van der Waals surface area (Å²) in [6.45, 7) is 7.76. The summed E-state index contributed by atoms with van der Waals surface area (Å²) >= 11 is 1.86. The highest BCUT2D eigenvalue weighted by molar-refractivity contribution is 7.99. The van der Waals surface area contributed by atoms with Gasteiger partial charge in [0, 0.05) is 31.5 Å². The quantitative estimate of drug-likeness (QED) is 0.591. The Labute approximate surface area is 97.5 Å². The van der Waals surface area contributed by atoms with Crippen molar-refractivity contribution in [1.82, 2.24) is 0 Å². The third-order valence-corrected chi connectivity index (χ3v) is 3.27. The smallest absolute Gasteiger partial charge is 0.158 e. The lowest BCUT2D eigenvalue weighted by Gasteiger charge is -2.17. The third kappa shape index (κ3) is 9.18. The van der Waals surface area contributed by atoms with Gasteiger partial charge in [-0.25, -0.2) is 0 Å². The van der Waals surface area contributed by atoms with E-state index in [2.05, 4.69) is 6.92 Å². The predicted molar refractivity (Wildman–Crippen MR) is 65.3 cm³/mol. The molecule has 0 bridgehead atoms. The first-order valence-corrected chi connectivity index (χ1v) is 6.75. The maximum Gasteiger partial charge on any atom is 0.158 e. The van der Waals surface area contributed by atoms with Crippen LogP contribution in [0.2, 0.25) is 0 Å². The minimum absolute atomic E-state index is 0.0613. The van der Waals surface area contributed by atoms with Crippen molar-refractivity contribution in [2.24, 2.45) is 0 Å². The fourth-order valence-corrected chi connectivity index (χ4v) is 2.22. The van der Waals surface area contributed by atoms with Crippen molar-refractivity contribution in [3.63, 3.8) is 0 Å². The molecule has 1 N–H and O–H groups in total. The largest absolute Gasteiger partial charge is 0.396 e. The Morgan fingerprint density at radius 1 is 1.13 bits per heavy atom. The molecule has 92 valence electrons. The van der Waals surface area contributed by atoms with Gasteiger partial charge in [0.05, 0.1) is 0 Å². The summed E-state index contributed by atoms with van der Waals surface area (Å²) in [5.74, 6) is 1.02. The standard InChI is InChI=1S/C11H24O3S/c1-4-13-11(14-5-2)7-9-15-10(3)6-8-12/h10-12H,4-9H2,1-3H3. The predicted octanol–water partition coefficient (Wildman–Crippen LogP) is 2.28. The lowest BCUT2D eigenvalue weighted by Crippen LogP contribution is -2.18. The zero-order chi connectivity index (χ0) is 11.5. The molecule has 1 unspecified atom stereocenters. The van der Waals surface area contributed by atoms with Crippen molar-refractivity contribution < 1.29 is 14.6 Å². The van der Waals surface area contributed by atoms with Crippen LogP contribution >= 0.6 is 11.8 Å². The van der Waals surface area contributed by atoms with E-state index >= 15 is 0 Å². The Hall–Kier alpha value is 0.230. The summed E-state index contributed by atoms with van der Waals surface area (Å²) in [7, 11) is 0. The molecule has 1 atom stereocenters. The van der Waals surface area contributed by atoms with E-state index in [1.165, 1.54) is 0 Å². The zero-order valence-corrected chi connectivity index (χ0v) is 10.9. The first kappa shape index (κ1) is 15.2. The molecule has 0 fully saturated rings. The van der Waals surface area contributed by atoms with Gasteiger partial charge < -0.3 is 14.6 Å². The lowest BCUT2D eigenvalue weighted by molar-refractivity contribution is -0.136. The van der Waals surface area contributed by atoms with Crippen molar-refractivity contribution in [2.45, 2.75) is 45.2 Å². The van der Waals surface area contributed by atoms with Crippen LogP contribution in [0.5, 0.6) is 0 Å². The maximum atomic E-state index is 8.75. The van der Waals surface area contributed by atoms with Gasteiger partial charge in [0.25, 0.3) is 0 Å². The van der Waals surface area contributed by atoms with Crippen LogP contribution in [0.1, 0.15) is 33.6 Å². The second-order valence-electron chi connectivity index (χ2n) is 3.32. The highest BCUT2D eigenvalue weighted by Crippen LogP contribution is 2.16. The SMILES string of the molecule is CCOC(CCSC(C)CCO)OCC. The summed E-state index contributed by atoms with van der Waals surface area (Å²) in [5, 5.41) is 9.26.